The number of nitro groups is 1. The summed E-state index contributed by atoms with van der Waals surface area (Å²) in [6, 6.07) is 15.2. The summed E-state index contributed by atoms with van der Waals surface area (Å²) < 4.78 is 6.42. The highest BCUT2D eigenvalue weighted by Gasteiger charge is 2.54. The molecule has 1 saturated heterocycles. The number of non-ortho nitro benzene ring substituents is 1. The Kier molecular flexibility index (Phi) is 3.09. The van der Waals surface area contributed by atoms with Crippen LogP contribution in [0.1, 0.15) is 35.6 Å². The van der Waals surface area contributed by atoms with Crippen LogP contribution < -0.4 is 0 Å². The first kappa shape index (κ1) is 13.9. The number of nitro benzene ring substituents is 1. The van der Waals surface area contributed by atoms with Gasteiger partial charge in [-0.15, -0.1) is 0 Å². The molecule has 4 nitrogen and oxygen atoms in total. The molecule has 2 aromatic carbocycles. The molecular weight excluding hydrogens is 346 g/mol. The van der Waals surface area contributed by atoms with Crippen LogP contribution in [0, 0.1) is 10.1 Å². The van der Waals surface area contributed by atoms with E-state index >= 15 is 0 Å². The molecule has 22 heavy (non-hydrogen) atoms. The molecule has 3 atom stereocenters. The number of fused-ring (bicyclic) bond motifs is 5. The van der Waals surface area contributed by atoms with Gasteiger partial charge in [-0.2, -0.15) is 0 Å². The monoisotopic (exact) mass is 359 g/mol. The van der Waals surface area contributed by atoms with Crippen molar-refractivity contribution in [1.82, 2.24) is 0 Å². The Morgan fingerprint density at radius 3 is 2.68 bits per heavy atom. The number of hydrogen-bond acceptors (Lipinski definition) is 3. The first-order valence-electron chi connectivity index (χ1n) is 7.29. The Balaban J connectivity index is 1.95. The van der Waals surface area contributed by atoms with Crippen LogP contribution in [0.3, 0.4) is 0 Å². The van der Waals surface area contributed by atoms with E-state index in [1.165, 1.54) is 0 Å². The van der Waals surface area contributed by atoms with E-state index in [-0.39, 0.29) is 21.5 Å². The lowest BCUT2D eigenvalue weighted by molar-refractivity contribution is -0.384. The second kappa shape index (κ2) is 4.89. The van der Waals surface area contributed by atoms with Gasteiger partial charge in [0.1, 0.15) is 5.60 Å². The molecule has 2 heterocycles. The maximum absolute atomic E-state index is 11.1. The van der Waals surface area contributed by atoms with Crippen molar-refractivity contribution in [3.63, 3.8) is 0 Å². The van der Waals surface area contributed by atoms with Crippen molar-refractivity contribution in [3.05, 3.63) is 75.3 Å². The van der Waals surface area contributed by atoms with Gasteiger partial charge in [0.25, 0.3) is 5.69 Å². The molecule has 2 aliphatic rings. The van der Waals surface area contributed by atoms with Crippen molar-refractivity contribution in [3.8, 4) is 0 Å². The van der Waals surface area contributed by atoms with Crippen LogP contribution in [-0.2, 0) is 10.3 Å². The topological polar surface area (TPSA) is 52.4 Å². The fraction of sp³-hybridized carbons (Fsp3) is 0.294. The molecule has 1 fully saturated rings. The van der Waals surface area contributed by atoms with E-state index < -0.39 is 5.60 Å². The Hall–Kier alpha value is -1.72. The minimum absolute atomic E-state index is 0.0658. The molecule has 112 valence electrons. The summed E-state index contributed by atoms with van der Waals surface area (Å²) in [4.78, 5) is 10.9. The van der Waals surface area contributed by atoms with E-state index in [1.54, 1.807) is 12.1 Å². The minimum Gasteiger partial charge on any atom is -0.356 e. The molecule has 0 amide bonds. The zero-order chi connectivity index (χ0) is 15.3. The molecule has 2 aliphatic heterocycles. The number of rotatable bonds is 2. The third-order valence-electron chi connectivity index (χ3n) is 4.65. The number of halogens is 1. The van der Waals surface area contributed by atoms with Crippen LogP contribution in [0.15, 0.2) is 48.5 Å². The molecule has 3 unspecified atom stereocenters. The Morgan fingerprint density at radius 1 is 1.18 bits per heavy atom. The van der Waals surface area contributed by atoms with Gasteiger partial charge in [0, 0.05) is 12.1 Å². The molecular formula is C17H14BrNO3. The molecule has 0 spiro atoms. The summed E-state index contributed by atoms with van der Waals surface area (Å²) in [6.07, 6.45) is 1.78. The van der Waals surface area contributed by atoms with Crippen molar-refractivity contribution in [2.75, 3.05) is 0 Å². The summed E-state index contributed by atoms with van der Waals surface area (Å²) in [5.41, 5.74) is 2.68. The number of nitrogens with zero attached hydrogens (tertiary/aromatic N) is 1. The van der Waals surface area contributed by atoms with Crippen LogP contribution >= 0.6 is 15.9 Å². The van der Waals surface area contributed by atoms with Crippen LogP contribution in [0.4, 0.5) is 5.69 Å². The molecule has 0 saturated carbocycles. The van der Waals surface area contributed by atoms with Gasteiger partial charge in [0.2, 0.25) is 0 Å². The van der Waals surface area contributed by atoms with Gasteiger partial charge in [-0.3, -0.25) is 10.1 Å². The maximum Gasteiger partial charge on any atom is 0.269 e. The molecule has 0 aliphatic carbocycles. The van der Waals surface area contributed by atoms with Gasteiger partial charge in [-0.25, -0.2) is 0 Å². The fourth-order valence-electron chi connectivity index (χ4n) is 3.67. The molecule has 0 N–H and O–H groups in total. The lowest BCUT2D eigenvalue weighted by atomic mass is 9.82. The predicted octanol–water partition coefficient (Wildman–Crippen LogP) is 4.47. The van der Waals surface area contributed by atoms with E-state index in [1.807, 2.05) is 24.3 Å². The van der Waals surface area contributed by atoms with Crippen LogP contribution in [-0.4, -0.2) is 9.75 Å². The summed E-state index contributed by atoms with van der Waals surface area (Å²) in [6.45, 7) is 0. The van der Waals surface area contributed by atoms with Crippen molar-refractivity contribution in [2.45, 2.75) is 29.4 Å². The summed E-state index contributed by atoms with van der Waals surface area (Å²) in [7, 11) is 0. The van der Waals surface area contributed by atoms with E-state index in [9.17, 15) is 10.1 Å². The fourth-order valence-corrected chi connectivity index (χ4v) is 4.55. The van der Waals surface area contributed by atoms with Crippen LogP contribution in [0.2, 0.25) is 0 Å². The van der Waals surface area contributed by atoms with Gasteiger partial charge < -0.3 is 4.74 Å². The second-order valence-corrected chi connectivity index (χ2v) is 6.89. The molecule has 5 heteroatoms. The quantitative estimate of drug-likeness (QED) is 0.451. The maximum atomic E-state index is 11.1. The Bertz CT molecular complexity index is 749. The van der Waals surface area contributed by atoms with Crippen molar-refractivity contribution < 1.29 is 9.66 Å². The summed E-state index contributed by atoms with van der Waals surface area (Å²) >= 11 is 3.79. The van der Waals surface area contributed by atoms with Crippen molar-refractivity contribution in [1.29, 1.82) is 0 Å². The minimum atomic E-state index is -0.547. The number of benzene rings is 2. The Morgan fingerprint density at radius 2 is 1.95 bits per heavy atom. The highest BCUT2D eigenvalue weighted by Crippen LogP contribution is 2.57. The van der Waals surface area contributed by atoms with Crippen LogP contribution in [0.5, 0.6) is 0 Å². The molecule has 0 radical (unpaired) electrons. The zero-order valence-electron chi connectivity index (χ0n) is 11.7. The Labute approximate surface area is 136 Å². The zero-order valence-corrected chi connectivity index (χ0v) is 13.3. The van der Waals surface area contributed by atoms with Gasteiger partial charge in [0.05, 0.1) is 15.9 Å². The molecule has 2 aromatic rings. The third kappa shape index (κ3) is 1.79. The third-order valence-corrected chi connectivity index (χ3v) is 5.75. The van der Waals surface area contributed by atoms with Gasteiger partial charge in [-0.05, 0) is 35.6 Å². The van der Waals surface area contributed by atoms with Gasteiger partial charge in [0.15, 0.2) is 0 Å². The SMILES string of the molecule is O=[N+]([O-])c1ccc2c(c1)C1CCC(Br)C2(c2ccccc2)O1. The lowest BCUT2D eigenvalue weighted by Gasteiger charge is -2.39. The first-order valence-corrected chi connectivity index (χ1v) is 8.21. The van der Waals surface area contributed by atoms with E-state index in [2.05, 4.69) is 28.1 Å². The van der Waals surface area contributed by atoms with Gasteiger partial charge in [-0.1, -0.05) is 46.3 Å². The summed E-state index contributed by atoms with van der Waals surface area (Å²) in [5.74, 6) is 0. The normalized spacial score (nSPS) is 29.1. The smallest absolute Gasteiger partial charge is 0.269 e. The molecule has 0 aromatic heterocycles. The standard InChI is InChI=1S/C17H14BrNO3/c18-16-9-8-15-13-10-12(19(20)21)6-7-14(13)17(16,22-15)11-4-2-1-3-5-11/h1-7,10,15-16H,8-9H2. The molecule has 2 bridgehead atoms. The van der Waals surface area contributed by atoms with E-state index in [0.717, 1.165) is 29.5 Å². The lowest BCUT2D eigenvalue weighted by Crippen LogP contribution is -2.39. The van der Waals surface area contributed by atoms with Crippen molar-refractivity contribution in [2.24, 2.45) is 0 Å². The largest absolute Gasteiger partial charge is 0.356 e. The highest BCUT2D eigenvalue weighted by molar-refractivity contribution is 9.09. The number of alkyl halides is 1. The average Bonchev–Trinajstić information content (AvgIpc) is 2.83. The van der Waals surface area contributed by atoms with Gasteiger partial charge >= 0.3 is 0 Å². The molecule has 4 rings (SSSR count). The van der Waals surface area contributed by atoms with E-state index in [4.69, 9.17) is 4.74 Å². The van der Waals surface area contributed by atoms with E-state index in [0.29, 0.717) is 0 Å². The average molecular weight is 360 g/mol. The second-order valence-electron chi connectivity index (χ2n) is 5.78. The first-order chi connectivity index (χ1) is 10.6. The number of ether oxygens (including phenoxy) is 1. The highest BCUT2D eigenvalue weighted by atomic mass is 79.9. The van der Waals surface area contributed by atoms with Crippen LogP contribution in [0.25, 0.3) is 0 Å². The van der Waals surface area contributed by atoms with Crippen molar-refractivity contribution >= 4 is 21.6 Å². The summed E-state index contributed by atoms with van der Waals surface area (Å²) in [5, 5.41) is 11.1. The predicted molar refractivity (Wildman–Crippen MR) is 86.1 cm³/mol. The number of hydrogen-bond donors (Lipinski definition) is 0.